The SMILES string of the molecule is C[N+]1(C)[C@H]2C[C@H](OC(=O)Nc3cc(CCC(=O)Nc4ccc(CO)c(Cl)c4)ccc3-c3ccccc3)C[C@@]1(I)[C@@H]1O[C@H]12. The number of aliphatic hydroxyl groups excluding tert-OH is 1. The van der Waals surface area contributed by atoms with E-state index in [4.69, 9.17) is 21.1 Å². The number of halogens is 2. The van der Waals surface area contributed by atoms with Crippen LogP contribution in [-0.2, 0) is 27.3 Å². The second kappa shape index (κ2) is 11.4. The van der Waals surface area contributed by atoms with Crippen molar-refractivity contribution in [1.82, 2.24) is 0 Å². The summed E-state index contributed by atoms with van der Waals surface area (Å²) in [4.78, 5) is 25.9. The molecule has 10 heteroatoms. The maximum absolute atomic E-state index is 13.2. The lowest BCUT2D eigenvalue weighted by Crippen LogP contribution is -2.65. The van der Waals surface area contributed by atoms with Crippen molar-refractivity contribution in [1.29, 1.82) is 0 Å². The Kier molecular flexibility index (Phi) is 7.99. The van der Waals surface area contributed by atoms with Gasteiger partial charge in [-0.2, -0.15) is 0 Å². The van der Waals surface area contributed by atoms with Crippen molar-refractivity contribution in [2.75, 3.05) is 24.7 Å². The third-order valence-corrected chi connectivity index (χ3v) is 11.6. The minimum absolute atomic E-state index is 0.0990. The van der Waals surface area contributed by atoms with E-state index < -0.39 is 6.09 Å². The van der Waals surface area contributed by atoms with Gasteiger partial charge in [0, 0.05) is 29.1 Å². The molecule has 3 saturated heterocycles. The number of aliphatic hydroxyl groups is 1. The van der Waals surface area contributed by atoms with E-state index in [9.17, 15) is 14.7 Å². The number of anilines is 2. The standard InChI is InChI=1S/C32H33ClIN3O5/c1-37(2)27-16-23(17-32(37,34)30-29(27)42-30)41-31(40)36-26-14-19(8-12-24(26)20-6-4-3-5-7-20)9-13-28(39)35-22-11-10-21(18-38)25(33)15-22/h3-8,10-12,14-15,23,27,29-30,38H,9,13,16-18H2,1-2H3,(H-,35,36,39,40)/p+1/t23-,27-,29-,30+,32-/m0/s1. The highest BCUT2D eigenvalue weighted by atomic mass is 127. The smallest absolute Gasteiger partial charge is 0.411 e. The summed E-state index contributed by atoms with van der Waals surface area (Å²) in [5.41, 5.74) is 4.57. The number of nitrogens with zero attached hydrogens (tertiary/aromatic N) is 1. The van der Waals surface area contributed by atoms with E-state index in [1.807, 2.05) is 48.5 Å². The number of likely N-dealkylation sites (N-methyl/N-ethyl adjacent to an activating group) is 1. The molecule has 3 aromatic rings. The third-order valence-electron chi connectivity index (χ3n) is 8.97. The van der Waals surface area contributed by atoms with Gasteiger partial charge in [0.1, 0.15) is 18.2 Å². The average molecular weight is 703 g/mol. The fourth-order valence-corrected chi connectivity index (χ4v) is 8.09. The van der Waals surface area contributed by atoms with E-state index in [-0.39, 0.29) is 40.8 Å². The van der Waals surface area contributed by atoms with Crippen LogP contribution in [0.5, 0.6) is 0 Å². The van der Waals surface area contributed by atoms with Gasteiger partial charge < -0.3 is 24.4 Å². The van der Waals surface area contributed by atoms with Crippen molar-refractivity contribution in [2.45, 2.75) is 60.2 Å². The first kappa shape index (κ1) is 29.4. The van der Waals surface area contributed by atoms with Crippen molar-refractivity contribution < 1.29 is 28.7 Å². The molecule has 3 aromatic carbocycles. The molecule has 0 radical (unpaired) electrons. The van der Waals surface area contributed by atoms with Gasteiger partial charge in [0.05, 0.1) is 32.8 Å². The summed E-state index contributed by atoms with van der Waals surface area (Å²) >= 11 is 8.67. The first-order valence-electron chi connectivity index (χ1n) is 14.1. The number of aryl methyl sites for hydroxylation is 1. The Hall–Kier alpha value is -2.70. The molecular weight excluding hydrogens is 669 g/mol. The molecule has 3 N–H and O–H groups in total. The Labute approximate surface area is 264 Å². The number of piperidine rings is 1. The van der Waals surface area contributed by atoms with E-state index in [1.54, 1.807) is 18.2 Å². The quantitative estimate of drug-likeness (QED) is 0.0862. The van der Waals surface area contributed by atoms with Crippen molar-refractivity contribution in [3.8, 4) is 11.1 Å². The Morgan fingerprint density at radius 2 is 1.90 bits per heavy atom. The molecular formula is C32H34ClIN3O5+. The van der Waals surface area contributed by atoms with E-state index in [0.29, 0.717) is 34.4 Å². The number of hydrogen-bond donors (Lipinski definition) is 3. The van der Waals surface area contributed by atoms with Gasteiger partial charge >= 0.3 is 6.09 Å². The zero-order chi connectivity index (χ0) is 29.6. The second-order valence-electron chi connectivity index (χ2n) is 11.8. The number of fused-ring (bicyclic) bond motifs is 5. The Bertz CT molecular complexity index is 1520. The molecule has 0 spiro atoms. The number of epoxide rings is 1. The number of hydrogen-bond acceptors (Lipinski definition) is 5. The molecule has 3 fully saturated rings. The van der Waals surface area contributed by atoms with E-state index >= 15 is 0 Å². The molecule has 42 heavy (non-hydrogen) atoms. The molecule has 2 bridgehead atoms. The molecule has 220 valence electrons. The van der Waals surface area contributed by atoms with Gasteiger partial charge in [-0.15, -0.1) is 0 Å². The fourth-order valence-electron chi connectivity index (χ4n) is 6.50. The highest BCUT2D eigenvalue weighted by molar-refractivity contribution is 14.1. The number of carbonyl (C=O) groups excluding carboxylic acids is 2. The Morgan fingerprint density at radius 1 is 1.12 bits per heavy atom. The number of nitrogens with one attached hydrogen (secondary N) is 2. The van der Waals surface area contributed by atoms with Crippen LogP contribution in [-0.4, -0.2) is 63.6 Å². The maximum Gasteiger partial charge on any atom is 0.411 e. The highest BCUT2D eigenvalue weighted by Crippen LogP contribution is 2.61. The number of carbonyl (C=O) groups is 2. The summed E-state index contributed by atoms with van der Waals surface area (Å²) in [5.74, 6) is -0.160. The van der Waals surface area contributed by atoms with Crippen molar-refractivity contribution in [3.05, 3.63) is 82.9 Å². The normalized spacial score (nSPS) is 26.7. The summed E-state index contributed by atoms with van der Waals surface area (Å²) in [6.07, 6.45) is 2.08. The van der Waals surface area contributed by atoms with Crippen LogP contribution in [0, 0.1) is 0 Å². The molecule has 0 aromatic heterocycles. The largest absolute Gasteiger partial charge is 0.445 e. The fraction of sp³-hybridized carbons (Fsp3) is 0.375. The number of rotatable bonds is 8. The number of amides is 2. The Morgan fingerprint density at radius 3 is 2.62 bits per heavy atom. The molecule has 6 rings (SSSR count). The molecule has 0 aliphatic carbocycles. The molecule has 8 nitrogen and oxygen atoms in total. The summed E-state index contributed by atoms with van der Waals surface area (Å²) in [6.45, 7) is -0.163. The van der Waals surface area contributed by atoms with Crippen molar-refractivity contribution in [2.24, 2.45) is 0 Å². The van der Waals surface area contributed by atoms with Crippen LogP contribution in [0.25, 0.3) is 11.1 Å². The number of quaternary nitrogens is 1. The first-order chi connectivity index (χ1) is 20.1. The van der Waals surface area contributed by atoms with Crippen LogP contribution in [0.15, 0.2) is 66.7 Å². The lowest BCUT2D eigenvalue weighted by molar-refractivity contribution is -0.943. The van der Waals surface area contributed by atoms with E-state index in [0.717, 1.165) is 34.0 Å². The molecule has 2 amide bonds. The summed E-state index contributed by atoms with van der Waals surface area (Å²) in [7, 11) is 4.51. The summed E-state index contributed by atoms with van der Waals surface area (Å²) < 4.78 is 12.8. The van der Waals surface area contributed by atoms with Gasteiger partial charge in [-0.3, -0.25) is 10.1 Å². The van der Waals surface area contributed by atoms with Crippen LogP contribution in [0.2, 0.25) is 5.02 Å². The monoisotopic (exact) mass is 702 g/mol. The van der Waals surface area contributed by atoms with Crippen LogP contribution >= 0.6 is 34.2 Å². The average Bonchev–Trinajstić information content (AvgIpc) is 3.74. The van der Waals surface area contributed by atoms with Gasteiger partial charge in [0.25, 0.3) is 0 Å². The third kappa shape index (κ3) is 5.53. The predicted molar refractivity (Wildman–Crippen MR) is 171 cm³/mol. The van der Waals surface area contributed by atoms with Gasteiger partial charge in [-0.1, -0.05) is 60.1 Å². The lowest BCUT2D eigenvalue weighted by Gasteiger charge is -2.50. The van der Waals surface area contributed by atoms with Gasteiger partial charge in [-0.25, -0.2) is 4.79 Å². The van der Waals surface area contributed by atoms with Crippen LogP contribution in [0.4, 0.5) is 16.2 Å². The molecule has 0 unspecified atom stereocenters. The molecule has 3 aliphatic rings. The minimum Gasteiger partial charge on any atom is -0.445 e. The van der Waals surface area contributed by atoms with Crippen LogP contribution in [0.1, 0.15) is 30.4 Å². The number of morpholine rings is 1. The Balaban J connectivity index is 1.13. The molecule has 0 saturated carbocycles. The first-order valence-corrected chi connectivity index (χ1v) is 15.6. The summed E-state index contributed by atoms with van der Waals surface area (Å²) in [5, 5.41) is 15.6. The van der Waals surface area contributed by atoms with Gasteiger partial charge in [0.2, 0.25) is 5.91 Å². The number of benzene rings is 3. The lowest BCUT2D eigenvalue weighted by atomic mass is 9.96. The number of alkyl halides is 1. The molecule has 5 atom stereocenters. The maximum atomic E-state index is 13.2. The van der Waals surface area contributed by atoms with Crippen LogP contribution < -0.4 is 10.6 Å². The van der Waals surface area contributed by atoms with E-state index in [2.05, 4.69) is 47.3 Å². The summed E-state index contributed by atoms with van der Waals surface area (Å²) in [6, 6.07) is 21.1. The topological polar surface area (TPSA) is 100 Å². The minimum atomic E-state index is -0.475. The predicted octanol–water partition coefficient (Wildman–Crippen LogP) is 6.14. The van der Waals surface area contributed by atoms with Gasteiger partial charge in [-0.05, 0) is 63.9 Å². The van der Waals surface area contributed by atoms with Gasteiger partial charge in [0.15, 0.2) is 9.65 Å². The zero-order valence-corrected chi connectivity index (χ0v) is 26.4. The highest BCUT2D eigenvalue weighted by Gasteiger charge is 2.78. The van der Waals surface area contributed by atoms with Crippen molar-refractivity contribution in [3.63, 3.8) is 0 Å². The number of ether oxygens (including phenoxy) is 2. The molecule has 3 heterocycles. The molecule has 3 aliphatic heterocycles. The van der Waals surface area contributed by atoms with Crippen molar-refractivity contribution >= 4 is 57.6 Å². The zero-order valence-electron chi connectivity index (χ0n) is 23.5. The second-order valence-corrected chi connectivity index (χ2v) is 14.1. The van der Waals surface area contributed by atoms with E-state index in [1.165, 1.54) is 0 Å². The van der Waals surface area contributed by atoms with Crippen LogP contribution in [0.3, 0.4) is 0 Å².